The van der Waals surface area contributed by atoms with Crippen molar-refractivity contribution in [3.63, 3.8) is 0 Å². The molecule has 4 rings (SSSR count). The van der Waals surface area contributed by atoms with Crippen molar-refractivity contribution in [2.24, 2.45) is 11.8 Å². The van der Waals surface area contributed by atoms with Crippen LogP contribution in [0.3, 0.4) is 0 Å². The molecule has 1 saturated heterocycles. The van der Waals surface area contributed by atoms with Gasteiger partial charge in [0.15, 0.2) is 4.34 Å². The van der Waals surface area contributed by atoms with Gasteiger partial charge in [-0.15, -0.1) is 10.2 Å². The number of fused-ring (bicyclic) bond motifs is 1. The van der Waals surface area contributed by atoms with Crippen molar-refractivity contribution in [3.05, 3.63) is 24.3 Å². The summed E-state index contributed by atoms with van der Waals surface area (Å²) in [5.41, 5.74) is 0.851. The highest BCUT2D eigenvalue weighted by atomic mass is 32.2. The molecule has 2 aromatic rings. The lowest BCUT2D eigenvalue weighted by atomic mass is 9.75. The number of nitrogens with zero attached hydrogens (tertiary/aromatic N) is 3. The summed E-state index contributed by atoms with van der Waals surface area (Å²) in [6.07, 6.45) is 6.51. The number of hydrogen-bond acceptors (Lipinski definition) is 7. The predicted molar refractivity (Wildman–Crippen MR) is 114 cm³/mol. The molecule has 6 nitrogen and oxygen atoms in total. The topological polar surface area (TPSA) is 67.3 Å². The Morgan fingerprint density at radius 1 is 1.25 bits per heavy atom. The van der Waals surface area contributed by atoms with E-state index in [2.05, 4.69) is 20.4 Å². The minimum atomic E-state index is 0.225. The van der Waals surface area contributed by atoms with Gasteiger partial charge in [-0.25, -0.2) is 0 Å². The summed E-state index contributed by atoms with van der Waals surface area (Å²) in [5, 5.41) is 12.3. The van der Waals surface area contributed by atoms with E-state index in [4.69, 9.17) is 4.74 Å². The third-order valence-corrected chi connectivity index (χ3v) is 7.67. The smallest absolute Gasteiger partial charge is 0.233 e. The van der Waals surface area contributed by atoms with E-state index in [0.29, 0.717) is 10.9 Å². The van der Waals surface area contributed by atoms with Gasteiger partial charge in [0.25, 0.3) is 0 Å². The van der Waals surface area contributed by atoms with Crippen molar-refractivity contribution in [3.8, 4) is 5.75 Å². The zero-order chi connectivity index (χ0) is 19.3. The zero-order valence-corrected chi connectivity index (χ0v) is 17.7. The van der Waals surface area contributed by atoms with Gasteiger partial charge in [0.1, 0.15) is 5.75 Å². The fraction of sp³-hybridized carbons (Fsp3) is 0.550. The third-order valence-electron chi connectivity index (χ3n) is 5.72. The highest BCUT2D eigenvalue weighted by molar-refractivity contribution is 8.01. The number of carbonyl (C=O) groups is 1. The van der Waals surface area contributed by atoms with Gasteiger partial charge in [0, 0.05) is 13.1 Å². The largest absolute Gasteiger partial charge is 0.495 e. The van der Waals surface area contributed by atoms with Crippen molar-refractivity contribution in [1.29, 1.82) is 0 Å². The number of anilines is 2. The fourth-order valence-electron chi connectivity index (χ4n) is 4.22. The molecule has 0 spiro atoms. The van der Waals surface area contributed by atoms with E-state index >= 15 is 0 Å². The average Bonchev–Trinajstić information content (AvgIpc) is 3.19. The number of likely N-dealkylation sites (tertiary alicyclic amines) is 1. The van der Waals surface area contributed by atoms with Gasteiger partial charge in [0.2, 0.25) is 11.0 Å². The van der Waals surface area contributed by atoms with E-state index in [9.17, 15) is 4.79 Å². The molecule has 1 aliphatic heterocycles. The molecule has 1 amide bonds. The molecule has 2 heterocycles. The summed E-state index contributed by atoms with van der Waals surface area (Å²) in [7, 11) is 1.64. The van der Waals surface area contributed by atoms with Crippen LogP contribution in [0.25, 0.3) is 0 Å². The molecule has 1 saturated carbocycles. The van der Waals surface area contributed by atoms with Crippen LogP contribution in [0.2, 0.25) is 0 Å². The highest BCUT2D eigenvalue weighted by Gasteiger charge is 2.32. The van der Waals surface area contributed by atoms with Crippen molar-refractivity contribution < 1.29 is 9.53 Å². The first-order chi connectivity index (χ1) is 13.7. The Morgan fingerprint density at radius 2 is 2.07 bits per heavy atom. The lowest BCUT2D eigenvalue weighted by Gasteiger charge is -2.41. The van der Waals surface area contributed by atoms with E-state index < -0.39 is 0 Å². The number of nitrogens with one attached hydrogen (secondary N) is 1. The second-order valence-corrected chi connectivity index (χ2v) is 9.62. The van der Waals surface area contributed by atoms with Gasteiger partial charge in [-0.1, -0.05) is 54.5 Å². The van der Waals surface area contributed by atoms with Gasteiger partial charge in [0.05, 0.1) is 18.6 Å². The minimum Gasteiger partial charge on any atom is -0.495 e. The summed E-state index contributed by atoms with van der Waals surface area (Å²) < 4.78 is 6.15. The molecule has 0 bridgehead atoms. The molecule has 8 heteroatoms. The number of ether oxygens (including phenoxy) is 1. The van der Waals surface area contributed by atoms with E-state index in [1.807, 2.05) is 24.3 Å². The van der Waals surface area contributed by atoms with E-state index in [1.54, 1.807) is 7.11 Å². The Labute approximate surface area is 174 Å². The number of carbonyl (C=O) groups excluding carboxylic acids is 1. The first kappa shape index (κ1) is 19.5. The first-order valence-electron chi connectivity index (χ1n) is 9.87. The van der Waals surface area contributed by atoms with Crippen LogP contribution in [-0.2, 0) is 4.79 Å². The number of rotatable bonds is 6. The molecule has 0 radical (unpaired) electrons. The second-order valence-electron chi connectivity index (χ2n) is 7.42. The molecule has 150 valence electrons. The quantitative estimate of drug-likeness (QED) is 0.701. The summed E-state index contributed by atoms with van der Waals surface area (Å²) in [6, 6.07) is 7.70. The molecular formula is C20H26N4O2S2. The van der Waals surface area contributed by atoms with Crippen LogP contribution >= 0.6 is 23.1 Å². The van der Waals surface area contributed by atoms with Crippen LogP contribution < -0.4 is 10.1 Å². The van der Waals surface area contributed by atoms with Gasteiger partial charge < -0.3 is 15.0 Å². The molecule has 2 fully saturated rings. The van der Waals surface area contributed by atoms with Crippen LogP contribution in [0.1, 0.15) is 32.1 Å². The lowest BCUT2D eigenvalue weighted by Crippen LogP contribution is -2.45. The van der Waals surface area contributed by atoms with Crippen LogP contribution in [0, 0.1) is 11.8 Å². The normalized spacial score (nSPS) is 21.8. The summed E-state index contributed by atoms with van der Waals surface area (Å²) in [4.78, 5) is 14.7. The van der Waals surface area contributed by atoms with E-state index in [0.717, 1.165) is 40.7 Å². The maximum atomic E-state index is 12.7. The average molecular weight is 419 g/mol. The maximum Gasteiger partial charge on any atom is 0.233 e. The highest BCUT2D eigenvalue weighted by Crippen LogP contribution is 2.36. The number of benzene rings is 1. The third kappa shape index (κ3) is 4.60. The zero-order valence-electron chi connectivity index (χ0n) is 16.1. The molecular weight excluding hydrogens is 392 g/mol. The predicted octanol–water partition coefficient (Wildman–Crippen LogP) is 4.42. The molecule has 28 heavy (non-hydrogen) atoms. The lowest BCUT2D eigenvalue weighted by molar-refractivity contribution is -0.131. The number of aromatic nitrogens is 2. The molecule has 2 atom stereocenters. The molecule has 0 unspecified atom stereocenters. The van der Waals surface area contributed by atoms with Gasteiger partial charge in [-0.05, 0) is 36.8 Å². The Hall–Kier alpha value is -1.80. The molecule has 1 N–H and O–H groups in total. The van der Waals surface area contributed by atoms with Crippen molar-refractivity contribution >= 4 is 39.8 Å². The number of methoxy groups -OCH3 is 1. The van der Waals surface area contributed by atoms with Crippen molar-refractivity contribution in [1.82, 2.24) is 15.1 Å². The van der Waals surface area contributed by atoms with Gasteiger partial charge in [-0.2, -0.15) is 0 Å². The van der Waals surface area contributed by atoms with Gasteiger partial charge in [-0.3, -0.25) is 4.79 Å². The summed E-state index contributed by atoms with van der Waals surface area (Å²) >= 11 is 2.93. The molecule has 1 aromatic heterocycles. The first-order valence-corrected chi connectivity index (χ1v) is 11.7. The molecule has 1 aromatic carbocycles. The Bertz CT molecular complexity index is 813. The minimum absolute atomic E-state index is 0.225. The van der Waals surface area contributed by atoms with Crippen LogP contribution in [0.15, 0.2) is 28.6 Å². The molecule has 1 aliphatic carbocycles. The number of thioether (sulfide) groups is 1. The number of hydrogen-bond donors (Lipinski definition) is 1. The van der Waals surface area contributed by atoms with E-state index in [-0.39, 0.29) is 5.91 Å². The van der Waals surface area contributed by atoms with Crippen LogP contribution in [0.4, 0.5) is 10.8 Å². The summed E-state index contributed by atoms with van der Waals surface area (Å²) in [5.74, 6) is 2.98. The monoisotopic (exact) mass is 418 g/mol. The Morgan fingerprint density at radius 3 is 2.93 bits per heavy atom. The van der Waals surface area contributed by atoms with E-state index in [1.165, 1.54) is 55.2 Å². The van der Waals surface area contributed by atoms with Gasteiger partial charge >= 0.3 is 0 Å². The number of amides is 1. The second kappa shape index (κ2) is 9.13. The van der Waals surface area contributed by atoms with Crippen molar-refractivity contribution in [2.75, 3.05) is 31.3 Å². The summed E-state index contributed by atoms with van der Waals surface area (Å²) in [6.45, 7) is 1.86. The number of piperidine rings is 1. The number of para-hydroxylation sites is 2. The van der Waals surface area contributed by atoms with Crippen LogP contribution in [-0.4, -0.2) is 47.0 Å². The Balaban J connectivity index is 1.29. The standard InChI is InChI=1S/C20H26N4O2S2/c1-26-17-9-5-4-8-16(17)21-19-22-23-20(28-19)27-13-18(25)24-11-10-14-6-2-3-7-15(14)12-24/h4-5,8-9,14-15H,2-3,6-7,10-13H2,1H3,(H,21,22)/t14-,15+/m1/s1. The van der Waals surface area contributed by atoms with Crippen LogP contribution in [0.5, 0.6) is 5.75 Å². The maximum absolute atomic E-state index is 12.7. The van der Waals surface area contributed by atoms with Crippen molar-refractivity contribution in [2.45, 2.75) is 36.4 Å². The Kier molecular flexibility index (Phi) is 6.36. The molecule has 2 aliphatic rings. The fourth-order valence-corrected chi connectivity index (χ4v) is 5.89. The SMILES string of the molecule is COc1ccccc1Nc1nnc(SCC(=O)N2CC[C@H]3CCCC[C@H]3C2)s1.